The molecule has 3 amide bonds. The van der Waals surface area contributed by atoms with Crippen LogP contribution in [0.4, 0.5) is 15.8 Å². The molecule has 0 saturated carbocycles. The van der Waals surface area contributed by atoms with E-state index in [0.29, 0.717) is 11.3 Å². The van der Waals surface area contributed by atoms with Crippen molar-refractivity contribution in [3.05, 3.63) is 95.3 Å². The number of carbonyl (C=O) groups excluding carboxylic acids is 3. The van der Waals surface area contributed by atoms with E-state index in [0.717, 1.165) is 5.56 Å². The number of para-hydroxylation sites is 1. The summed E-state index contributed by atoms with van der Waals surface area (Å²) in [7, 11) is 0. The van der Waals surface area contributed by atoms with Crippen LogP contribution < -0.4 is 16.1 Å². The van der Waals surface area contributed by atoms with Crippen molar-refractivity contribution in [1.29, 1.82) is 0 Å². The first-order valence-electron chi connectivity index (χ1n) is 9.29. The number of carbonyl (C=O) groups is 3. The van der Waals surface area contributed by atoms with Gasteiger partial charge in [0, 0.05) is 5.69 Å². The first kappa shape index (κ1) is 21.4. The molecule has 0 unspecified atom stereocenters. The van der Waals surface area contributed by atoms with Crippen LogP contribution in [-0.4, -0.2) is 23.9 Å². The average molecular weight is 418 g/mol. The average Bonchev–Trinajstić information content (AvgIpc) is 2.77. The summed E-state index contributed by atoms with van der Waals surface area (Å²) >= 11 is 0. The molecule has 0 heterocycles. The molecule has 0 aromatic heterocycles. The van der Waals surface area contributed by atoms with Gasteiger partial charge < -0.3 is 10.6 Å². The minimum absolute atomic E-state index is 0.176. The Morgan fingerprint density at radius 2 is 1.52 bits per heavy atom. The summed E-state index contributed by atoms with van der Waals surface area (Å²) in [5, 5.41) is 8.82. The third-order valence-electron chi connectivity index (χ3n) is 4.19. The third kappa shape index (κ3) is 6.07. The number of hydrogen-bond donors (Lipinski definition) is 3. The van der Waals surface area contributed by atoms with Gasteiger partial charge in [-0.1, -0.05) is 42.0 Å². The number of aryl methyl sites for hydroxylation is 1. The van der Waals surface area contributed by atoms with Crippen molar-refractivity contribution in [3.8, 4) is 0 Å². The highest BCUT2D eigenvalue weighted by Gasteiger charge is 2.17. The van der Waals surface area contributed by atoms with Crippen LogP contribution in [0.25, 0.3) is 0 Å². The van der Waals surface area contributed by atoms with E-state index >= 15 is 0 Å². The van der Waals surface area contributed by atoms with Gasteiger partial charge in [0.25, 0.3) is 5.91 Å². The summed E-state index contributed by atoms with van der Waals surface area (Å²) in [6, 6.07) is 19.0. The quantitative estimate of drug-likeness (QED) is 0.336. The van der Waals surface area contributed by atoms with Crippen molar-refractivity contribution in [1.82, 2.24) is 5.43 Å². The molecule has 0 fully saturated rings. The highest BCUT2D eigenvalue weighted by Crippen LogP contribution is 2.18. The second-order valence-electron chi connectivity index (χ2n) is 6.57. The lowest BCUT2D eigenvalue weighted by molar-refractivity contribution is -0.136. The van der Waals surface area contributed by atoms with Gasteiger partial charge in [-0.05, 0) is 48.9 Å². The SMILES string of the molecule is Cc1ccc(NC(=O)c2ccccc2NC(=O)C(=O)NN=Cc2ccc(F)cc2)cc1. The van der Waals surface area contributed by atoms with Gasteiger partial charge in [0.2, 0.25) is 0 Å². The Morgan fingerprint density at radius 1 is 0.839 bits per heavy atom. The Morgan fingerprint density at radius 3 is 2.23 bits per heavy atom. The van der Waals surface area contributed by atoms with E-state index in [-0.39, 0.29) is 11.3 Å². The number of nitrogens with one attached hydrogen (secondary N) is 3. The Bertz CT molecular complexity index is 1130. The highest BCUT2D eigenvalue weighted by molar-refractivity contribution is 6.40. The van der Waals surface area contributed by atoms with Crippen LogP contribution in [-0.2, 0) is 9.59 Å². The van der Waals surface area contributed by atoms with E-state index in [1.54, 1.807) is 24.3 Å². The van der Waals surface area contributed by atoms with E-state index in [4.69, 9.17) is 0 Å². The predicted octanol–water partition coefficient (Wildman–Crippen LogP) is 3.48. The van der Waals surface area contributed by atoms with Gasteiger partial charge in [-0.3, -0.25) is 14.4 Å². The van der Waals surface area contributed by atoms with Crippen LogP contribution in [0.5, 0.6) is 0 Å². The van der Waals surface area contributed by atoms with Crippen molar-refractivity contribution in [3.63, 3.8) is 0 Å². The van der Waals surface area contributed by atoms with Crippen molar-refractivity contribution in [2.45, 2.75) is 6.92 Å². The predicted molar refractivity (Wildman–Crippen MR) is 116 cm³/mol. The molecule has 0 saturated heterocycles. The lowest BCUT2D eigenvalue weighted by atomic mass is 10.1. The molecule has 156 valence electrons. The molecule has 0 spiro atoms. The van der Waals surface area contributed by atoms with Gasteiger partial charge in [0.15, 0.2) is 0 Å². The Hall–Kier alpha value is -4.33. The summed E-state index contributed by atoms with van der Waals surface area (Å²) in [5.41, 5.74) is 4.65. The largest absolute Gasteiger partial charge is 0.329 e. The van der Waals surface area contributed by atoms with Crippen molar-refractivity contribution in [2.24, 2.45) is 5.10 Å². The molecular weight excluding hydrogens is 399 g/mol. The van der Waals surface area contributed by atoms with Crippen LogP contribution in [0.1, 0.15) is 21.5 Å². The monoisotopic (exact) mass is 418 g/mol. The molecular formula is C23H19FN4O3. The molecule has 0 aliphatic rings. The standard InChI is InChI=1S/C23H19FN4O3/c1-15-6-12-18(13-7-15)26-21(29)19-4-2-3-5-20(19)27-22(30)23(31)28-25-14-16-8-10-17(24)11-9-16/h2-14H,1H3,(H,26,29)(H,27,30)(H,28,31). The maximum absolute atomic E-state index is 12.9. The van der Waals surface area contributed by atoms with Crippen LogP contribution in [0.15, 0.2) is 77.9 Å². The number of nitrogens with zero attached hydrogens (tertiary/aromatic N) is 1. The molecule has 0 atom stereocenters. The van der Waals surface area contributed by atoms with Gasteiger partial charge >= 0.3 is 11.8 Å². The van der Waals surface area contributed by atoms with Crippen molar-refractivity contribution >= 4 is 35.3 Å². The van der Waals surface area contributed by atoms with Gasteiger partial charge in [-0.25, -0.2) is 9.82 Å². The summed E-state index contributed by atoms with van der Waals surface area (Å²) in [5.74, 6) is -2.85. The topological polar surface area (TPSA) is 99.7 Å². The zero-order chi connectivity index (χ0) is 22.2. The van der Waals surface area contributed by atoms with Gasteiger partial charge in [0.05, 0.1) is 17.5 Å². The lowest BCUT2D eigenvalue weighted by Gasteiger charge is -2.11. The summed E-state index contributed by atoms with van der Waals surface area (Å²) in [6.07, 6.45) is 1.27. The zero-order valence-corrected chi connectivity index (χ0v) is 16.6. The van der Waals surface area contributed by atoms with E-state index in [1.165, 1.54) is 42.6 Å². The number of amides is 3. The fourth-order valence-electron chi connectivity index (χ4n) is 2.57. The second kappa shape index (κ2) is 9.93. The second-order valence-corrected chi connectivity index (χ2v) is 6.57. The number of benzene rings is 3. The van der Waals surface area contributed by atoms with Gasteiger partial charge in [0.1, 0.15) is 5.82 Å². The Balaban J connectivity index is 1.63. The third-order valence-corrected chi connectivity index (χ3v) is 4.19. The molecule has 0 aliphatic heterocycles. The van der Waals surface area contributed by atoms with E-state index in [2.05, 4.69) is 21.2 Å². The van der Waals surface area contributed by atoms with Crippen molar-refractivity contribution in [2.75, 3.05) is 10.6 Å². The number of rotatable bonds is 5. The van der Waals surface area contributed by atoms with Gasteiger partial charge in [-0.2, -0.15) is 5.10 Å². The van der Waals surface area contributed by atoms with Gasteiger partial charge in [-0.15, -0.1) is 0 Å². The highest BCUT2D eigenvalue weighted by atomic mass is 19.1. The summed E-state index contributed by atoms with van der Waals surface area (Å²) in [4.78, 5) is 36.8. The molecule has 0 bridgehead atoms. The molecule has 3 N–H and O–H groups in total. The molecule has 31 heavy (non-hydrogen) atoms. The van der Waals surface area contributed by atoms with Crippen LogP contribution in [0.2, 0.25) is 0 Å². The molecule has 0 aliphatic carbocycles. The summed E-state index contributed by atoms with van der Waals surface area (Å²) in [6.45, 7) is 1.94. The van der Waals surface area contributed by atoms with Crippen molar-refractivity contribution < 1.29 is 18.8 Å². The fourth-order valence-corrected chi connectivity index (χ4v) is 2.57. The number of hydrazone groups is 1. The number of halogens is 1. The minimum Gasteiger partial charge on any atom is -0.322 e. The maximum Gasteiger partial charge on any atom is 0.329 e. The first-order valence-corrected chi connectivity index (χ1v) is 9.29. The lowest BCUT2D eigenvalue weighted by Crippen LogP contribution is -2.33. The molecule has 3 rings (SSSR count). The molecule has 3 aromatic rings. The number of anilines is 2. The fraction of sp³-hybridized carbons (Fsp3) is 0.0435. The van der Waals surface area contributed by atoms with Crippen LogP contribution in [0.3, 0.4) is 0 Å². The van der Waals surface area contributed by atoms with E-state index in [1.807, 2.05) is 19.1 Å². The molecule has 8 heteroatoms. The number of hydrogen-bond acceptors (Lipinski definition) is 4. The van der Waals surface area contributed by atoms with E-state index < -0.39 is 23.5 Å². The molecule has 7 nitrogen and oxygen atoms in total. The Kier molecular flexibility index (Phi) is 6.85. The smallest absolute Gasteiger partial charge is 0.322 e. The maximum atomic E-state index is 12.9. The minimum atomic E-state index is -1.02. The Labute approximate surface area is 178 Å². The van der Waals surface area contributed by atoms with E-state index in [9.17, 15) is 18.8 Å². The van der Waals surface area contributed by atoms with Crippen LogP contribution >= 0.6 is 0 Å². The zero-order valence-electron chi connectivity index (χ0n) is 16.6. The summed E-state index contributed by atoms with van der Waals surface area (Å²) < 4.78 is 12.9. The normalized spacial score (nSPS) is 10.5. The molecule has 3 aromatic carbocycles. The first-order chi connectivity index (χ1) is 14.9. The van der Waals surface area contributed by atoms with Crippen LogP contribution in [0, 0.1) is 12.7 Å². The molecule has 0 radical (unpaired) electrons.